The molecule has 11 heteroatoms. The summed E-state index contributed by atoms with van der Waals surface area (Å²) in [5.74, 6) is -6.19. The van der Waals surface area contributed by atoms with Crippen molar-refractivity contribution in [3.8, 4) is 11.5 Å². The van der Waals surface area contributed by atoms with E-state index in [0.717, 1.165) is 4.90 Å². The third kappa shape index (κ3) is 2.66. The van der Waals surface area contributed by atoms with Gasteiger partial charge in [-0.15, -0.1) is 23.2 Å². The molecule has 180 valence electrons. The quantitative estimate of drug-likeness (QED) is 0.277. The minimum absolute atomic E-state index is 0.116. The average molecular weight is 509 g/mol. The predicted octanol–water partition coefficient (Wildman–Crippen LogP) is 2.17. The number of hydroxylamine groups is 2. The number of nitrogens with zero attached hydrogens (tertiary/aromatic N) is 2. The summed E-state index contributed by atoms with van der Waals surface area (Å²) >= 11 is 14.0. The van der Waals surface area contributed by atoms with Gasteiger partial charge >= 0.3 is 0 Å². The van der Waals surface area contributed by atoms with Gasteiger partial charge < -0.3 is 9.84 Å². The zero-order chi connectivity index (χ0) is 24.7. The molecule has 1 saturated carbocycles. The van der Waals surface area contributed by atoms with E-state index in [9.17, 15) is 29.5 Å². The topological polar surface area (TPSA) is 124 Å². The number of rotatable bonds is 3. The maximum atomic E-state index is 13.4. The molecule has 0 aromatic heterocycles. The number of amides is 4. The first-order valence-electron chi connectivity index (χ1n) is 10.9. The number of likely N-dealkylation sites (tertiary alicyclic amines) is 1. The first-order valence-corrected chi connectivity index (χ1v) is 11.7. The average Bonchev–Trinajstić information content (AvgIpc) is 3.10. The number of halogens is 2. The Kier molecular flexibility index (Phi) is 5.06. The van der Waals surface area contributed by atoms with Crippen molar-refractivity contribution >= 4 is 46.8 Å². The predicted molar refractivity (Wildman–Crippen MR) is 118 cm³/mol. The summed E-state index contributed by atoms with van der Waals surface area (Å²) in [5, 5.41) is 20.4. The zero-order valence-corrected chi connectivity index (χ0v) is 19.8. The largest absolute Gasteiger partial charge is 0.504 e. The second-order valence-electron chi connectivity index (χ2n) is 9.15. The molecule has 34 heavy (non-hydrogen) atoms. The summed E-state index contributed by atoms with van der Waals surface area (Å²) in [6, 6.07) is 4.50. The lowest BCUT2D eigenvalue weighted by atomic mass is 9.56. The van der Waals surface area contributed by atoms with Crippen molar-refractivity contribution in [2.45, 2.75) is 35.4 Å². The lowest BCUT2D eigenvalue weighted by Crippen LogP contribution is -2.60. The van der Waals surface area contributed by atoms with Crippen molar-refractivity contribution in [2.75, 3.05) is 13.7 Å². The van der Waals surface area contributed by atoms with Crippen LogP contribution >= 0.6 is 23.2 Å². The van der Waals surface area contributed by atoms with E-state index in [1.165, 1.54) is 19.2 Å². The van der Waals surface area contributed by atoms with Crippen LogP contribution < -0.4 is 4.74 Å². The molecule has 6 atom stereocenters. The number of allylic oxidation sites excluding steroid dienone is 2. The van der Waals surface area contributed by atoms with Crippen LogP contribution in [-0.4, -0.2) is 67.3 Å². The van der Waals surface area contributed by atoms with Gasteiger partial charge in [0.05, 0.1) is 18.4 Å². The van der Waals surface area contributed by atoms with Crippen LogP contribution in [0.15, 0.2) is 29.8 Å². The fourth-order valence-electron chi connectivity index (χ4n) is 6.08. The van der Waals surface area contributed by atoms with Gasteiger partial charge in [-0.1, -0.05) is 17.7 Å². The van der Waals surface area contributed by atoms with E-state index < -0.39 is 57.0 Å². The van der Waals surface area contributed by atoms with Gasteiger partial charge in [-0.25, -0.2) is 0 Å². The van der Waals surface area contributed by atoms with Crippen LogP contribution in [0.1, 0.15) is 31.2 Å². The number of carbonyl (C=O) groups excluding carboxylic acids is 4. The number of hydrogen-bond donors (Lipinski definition) is 2. The summed E-state index contributed by atoms with van der Waals surface area (Å²) in [6.45, 7) is 2.02. The Morgan fingerprint density at radius 1 is 1.12 bits per heavy atom. The number of fused-ring (bicyclic) bond motifs is 4. The second kappa shape index (κ2) is 7.44. The van der Waals surface area contributed by atoms with Gasteiger partial charge in [-0.05, 0) is 43.4 Å². The van der Waals surface area contributed by atoms with Crippen LogP contribution in [-0.2, 0) is 19.2 Å². The number of phenolic OH excluding ortho intramolecular Hbond substituents is 1. The standard InChI is InChI=1S/C23H22Cl2N2O7/c1-3-34-15-8-10(4-7-14(15)28)17-11-5-6-12-16(19(30)27(33)18(12)29)13(11)9-22(24)20(31)26(2)21(32)23(17,22)25/h4-5,7-8,12-13,16-17,28,33H,3,6,9H2,1-2H3. The second-order valence-corrected chi connectivity index (χ2v) is 10.4. The van der Waals surface area contributed by atoms with Gasteiger partial charge in [0.2, 0.25) is 0 Å². The molecule has 2 aliphatic carbocycles. The molecule has 1 aromatic rings. The van der Waals surface area contributed by atoms with Gasteiger partial charge in [0.25, 0.3) is 23.6 Å². The third-order valence-electron chi connectivity index (χ3n) is 7.61. The molecule has 4 aliphatic rings. The molecule has 2 N–H and O–H groups in total. The highest BCUT2D eigenvalue weighted by atomic mass is 35.5. The van der Waals surface area contributed by atoms with Crippen LogP contribution in [0.2, 0.25) is 0 Å². The minimum Gasteiger partial charge on any atom is -0.504 e. The summed E-state index contributed by atoms with van der Waals surface area (Å²) in [5.41, 5.74) is 1.05. The normalized spacial score (nSPS) is 36.9. The Balaban J connectivity index is 1.74. The zero-order valence-electron chi connectivity index (χ0n) is 18.3. The van der Waals surface area contributed by atoms with Gasteiger partial charge in [-0.3, -0.25) is 29.3 Å². The summed E-state index contributed by atoms with van der Waals surface area (Å²) in [6.07, 6.45) is 1.76. The first-order chi connectivity index (χ1) is 16.0. The molecule has 0 spiro atoms. The number of aromatic hydroxyl groups is 1. The Morgan fingerprint density at radius 2 is 1.82 bits per heavy atom. The fraction of sp³-hybridized carbons (Fsp3) is 0.478. The van der Waals surface area contributed by atoms with Crippen molar-refractivity contribution < 1.29 is 34.2 Å². The number of alkyl halides is 2. The van der Waals surface area contributed by atoms with Crippen LogP contribution in [0.25, 0.3) is 0 Å². The summed E-state index contributed by atoms with van der Waals surface area (Å²) in [7, 11) is 1.30. The van der Waals surface area contributed by atoms with Crippen LogP contribution in [0.5, 0.6) is 11.5 Å². The Labute approximate surface area is 204 Å². The monoisotopic (exact) mass is 508 g/mol. The van der Waals surface area contributed by atoms with Crippen LogP contribution in [0.3, 0.4) is 0 Å². The van der Waals surface area contributed by atoms with Gasteiger partial charge in [-0.2, -0.15) is 5.06 Å². The van der Waals surface area contributed by atoms with E-state index in [1.54, 1.807) is 19.1 Å². The number of carbonyl (C=O) groups is 4. The van der Waals surface area contributed by atoms with E-state index in [1.807, 2.05) is 0 Å². The van der Waals surface area contributed by atoms with Crippen molar-refractivity contribution in [3.05, 3.63) is 35.4 Å². The highest BCUT2D eigenvalue weighted by molar-refractivity contribution is 6.53. The highest BCUT2D eigenvalue weighted by Gasteiger charge is 2.75. The molecule has 0 bridgehead atoms. The summed E-state index contributed by atoms with van der Waals surface area (Å²) in [4.78, 5) is 49.1. The van der Waals surface area contributed by atoms with Gasteiger partial charge in [0.1, 0.15) is 0 Å². The first kappa shape index (κ1) is 23.1. The maximum Gasteiger partial charge on any atom is 0.257 e. The van der Waals surface area contributed by atoms with Crippen molar-refractivity contribution in [3.63, 3.8) is 0 Å². The smallest absolute Gasteiger partial charge is 0.257 e. The number of ether oxygens (including phenoxy) is 1. The summed E-state index contributed by atoms with van der Waals surface area (Å²) < 4.78 is 5.51. The molecule has 2 aliphatic heterocycles. The van der Waals surface area contributed by atoms with Crippen molar-refractivity contribution in [2.24, 2.45) is 17.8 Å². The molecular weight excluding hydrogens is 487 g/mol. The van der Waals surface area contributed by atoms with E-state index in [4.69, 9.17) is 27.9 Å². The van der Waals surface area contributed by atoms with Crippen molar-refractivity contribution in [1.82, 2.24) is 9.96 Å². The van der Waals surface area contributed by atoms with Crippen LogP contribution in [0, 0.1) is 17.8 Å². The van der Waals surface area contributed by atoms with E-state index in [2.05, 4.69) is 0 Å². The molecule has 2 heterocycles. The van der Waals surface area contributed by atoms with Crippen LogP contribution in [0.4, 0.5) is 0 Å². The molecule has 0 radical (unpaired) electrons. The van der Waals surface area contributed by atoms with E-state index in [-0.39, 0.29) is 36.0 Å². The van der Waals surface area contributed by atoms with Gasteiger partial charge in [0, 0.05) is 13.0 Å². The molecular formula is C23H22Cl2N2O7. The van der Waals surface area contributed by atoms with E-state index in [0.29, 0.717) is 11.1 Å². The fourth-order valence-corrected chi connectivity index (χ4v) is 7.10. The van der Waals surface area contributed by atoms with Gasteiger partial charge in [0.15, 0.2) is 21.2 Å². The van der Waals surface area contributed by atoms with Crippen molar-refractivity contribution in [1.29, 1.82) is 0 Å². The Bertz CT molecular complexity index is 1190. The molecule has 6 unspecified atom stereocenters. The molecule has 2 saturated heterocycles. The molecule has 9 nitrogen and oxygen atoms in total. The molecule has 1 aromatic carbocycles. The number of benzene rings is 1. The molecule has 3 fully saturated rings. The molecule has 4 amide bonds. The number of hydrogen-bond acceptors (Lipinski definition) is 7. The lowest BCUT2D eigenvalue weighted by molar-refractivity contribution is -0.173. The molecule has 5 rings (SSSR count). The SMILES string of the molecule is CCOc1cc(C2C3=CCC4C(=O)N(O)C(=O)C4C3CC3(Cl)C(=O)N(C)C(=O)C23Cl)ccc1O. The maximum absolute atomic E-state index is 13.4. The highest BCUT2D eigenvalue weighted by Crippen LogP contribution is 2.65. The Hall–Kier alpha value is -2.62. The number of phenols is 1. The third-order valence-corrected chi connectivity index (χ3v) is 9.02. The number of imide groups is 2. The lowest BCUT2D eigenvalue weighted by Gasteiger charge is -2.50. The Morgan fingerprint density at radius 3 is 2.50 bits per heavy atom. The van der Waals surface area contributed by atoms with E-state index >= 15 is 0 Å². The minimum atomic E-state index is -1.92.